The van der Waals surface area contributed by atoms with E-state index in [0.29, 0.717) is 5.56 Å². The number of carbonyl (C=O) groups excluding carboxylic acids is 1. The Balaban J connectivity index is 1.50. The molecule has 0 bridgehead atoms. The summed E-state index contributed by atoms with van der Waals surface area (Å²) in [6.45, 7) is 1.95. The molecule has 5 heteroatoms. The normalized spacial score (nSPS) is 13.3. The summed E-state index contributed by atoms with van der Waals surface area (Å²) in [7, 11) is 0. The number of carbonyl (C=O) groups is 2. The molecule has 1 unspecified atom stereocenters. The van der Waals surface area contributed by atoms with Crippen LogP contribution >= 0.6 is 0 Å². The molecule has 0 heterocycles. The van der Waals surface area contributed by atoms with Crippen LogP contribution in [0.4, 0.5) is 4.79 Å². The molecule has 0 aromatic heterocycles. The van der Waals surface area contributed by atoms with Gasteiger partial charge in [-0.1, -0.05) is 72.8 Å². The third-order valence-electron chi connectivity index (χ3n) is 5.35. The maximum atomic E-state index is 12.4. The molecule has 146 valence electrons. The van der Waals surface area contributed by atoms with Gasteiger partial charge in [0.1, 0.15) is 6.61 Å². The van der Waals surface area contributed by atoms with Crippen LogP contribution in [0.25, 0.3) is 11.1 Å². The van der Waals surface area contributed by atoms with E-state index in [1.54, 1.807) is 12.1 Å². The van der Waals surface area contributed by atoms with Crippen molar-refractivity contribution in [2.75, 3.05) is 6.61 Å². The Kier molecular flexibility index (Phi) is 5.04. The van der Waals surface area contributed by atoms with Crippen molar-refractivity contribution >= 4 is 12.1 Å². The van der Waals surface area contributed by atoms with Crippen LogP contribution in [0.3, 0.4) is 0 Å². The summed E-state index contributed by atoms with van der Waals surface area (Å²) in [5.41, 5.74) is 5.82. The van der Waals surface area contributed by atoms with Crippen molar-refractivity contribution in [2.24, 2.45) is 0 Å². The van der Waals surface area contributed by atoms with E-state index in [0.717, 1.165) is 27.8 Å². The molecule has 0 saturated carbocycles. The molecule has 1 aliphatic rings. The second-order valence-corrected chi connectivity index (χ2v) is 7.10. The highest BCUT2D eigenvalue weighted by Gasteiger charge is 2.30. The highest BCUT2D eigenvalue weighted by Crippen LogP contribution is 2.44. The van der Waals surface area contributed by atoms with E-state index in [4.69, 9.17) is 4.74 Å². The molecule has 29 heavy (non-hydrogen) atoms. The van der Waals surface area contributed by atoms with Crippen molar-refractivity contribution in [3.63, 3.8) is 0 Å². The van der Waals surface area contributed by atoms with Gasteiger partial charge >= 0.3 is 12.1 Å². The first-order valence-corrected chi connectivity index (χ1v) is 9.46. The molecular formula is C24H21NO4. The first-order valence-electron chi connectivity index (χ1n) is 9.46. The fraction of sp³-hybridized carbons (Fsp3) is 0.167. The number of fused-ring (bicyclic) bond motifs is 3. The summed E-state index contributed by atoms with van der Waals surface area (Å²) < 4.78 is 5.47. The molecule has 3 aromatic rings. The van der Waals surface area contributed by atoms with E-state index >= 15 is 0 Å². The zero-order chi connectivity index (χ0) is 20.4. The summed E-state index contributed by atoms with van der Waals surface area (Å²) in [6, 6.07) is 22.0. The van der Waals surface area contributed by atoms with Gasteiger partial charge < -0.3 is 15.2 Å². The molecule has 0 spiro atoms. The lowest BCUT2D eigenvalue weighted by Gasteiger charge is -2.18. The van der Waals surface area contributed by atoms with Gasteiger partial charge in [0.2, 0.25) is 0 Å². The van der Waals surface area contributed by atoms with Crippen LogP contribution in [0, 0.1) is 6.92 Å². The van der Waals surface area contributed by atoms with Crippen molar-refractivity contribution in [1.82, 2.24) is 5.32 Å². The number of ether oxygens (including phenoxy) is 1. The van der Waals surface area contributed by atoms with Crippen molar-refractivity contribution in [1.29, 1.82) is 0 Å². The van der Waals surface area contributed by atoms with Crippen molar-refractivity contribution in [3.05, 3.63) is 95.1 Å². The quantitative estimate of drug-likeness (QED) is 0.668. The van der Waals surface area contributed by atoms with Crippen molar-refractivity contribution < 1.29 is 19.4 Å². The Labute approximate surface area is 169 Å². The number of benzene rings is 3. The Morgan fingerprint density at radius 3 is 2.07 bits per heavy atom. The summed E-state index contributed by atoms with van der Waals surface area (Å²) in [4.78, 5) is 24.1. The fourth-order valence-corrected chi connectivity index (χ4v) is 3.94. The first-order chi connectivity index (χ1) is 14.1. The van der Waals surface area contributed by atoms with Crippen LogP contribution < -0.4 is 5.32 Å². The van der Waals surface area contributed by atoms with E-state index < -0.39 is 18.1 Å². The van der Waals surface area contributed by atoms with Gasteiger partial charge in [-0.05, 0) is 40.3 Å². The molecule has 5 nitrogen and oxygen atoms in total. The van der Waals surface area contributed by atoms with Crippen LogP contribution in [0.5, 0.6) is 0 Å². The van der Waals surface area contributed by atoms with E-state index in [1.165, 1.54) is 0 Å². The molecule has 1 atom stereocenters. The van der Waals surface area contributed by atoms with E-state index in [2.05, 4.69) is 17.4 Å². The average Bonchev–Trinajstić information content (AvgIpc) is 3.05. The number of aryl methyl sites for hydroxylation is 1. The van der Waals surface area contributed by atoms with Gasteiger partial charge in [0.05, 0.1) is 0 Å². The number of aliphatic carboxylic acids is 1. The summed E-state index contributed by atoms with van der Waals surface area (Å²) >= 11 is 0. The van der Waals surface area contributed by atoms with Crippen LogP contribution in [0.1, 0.15) is 34.2 Å². The van der Waals surface area contributed by atoms with Crippen LogP contribution in [-0.2, 0) is 9.53 Å². The standard InChI is InChI=1S/C24H21NO4/c1-15-8-2-3-9-16(15)22(23(26)27)25-24(28)29-14-21-19-12-6-4-10-17(19)18-11-5-7-13-20(18)21/h2-13,21-22H,14H2,1H3,(H,25,28)(H,26,27). The number of alkyl carbamates (subject to hydrolysis) is 1. The molecule has 3 aromatic carbocycles. The second kappa shape index (κ2) is 7.80. The first kappa shape index (κ1) is 18.7. The highest BCUT2D eigenvalue weighted by atomic mass is 16.5. The smallest absolute Gasteiger partial charge is 0.408 e. The number of amides is 1. The van der Waals surface area contributed by atoms with E-state index in [9.17, 15) is 14.7 Å². The van der Waals surface area contributed by atoms with Crippen LogP contribution in [-0.4, -0.2) is 23.8 Å². The van der Waals surface area contributed by atoms with Gasteiger partial charge in [0, 0.05) is 5.92 Å². The minimum absolute atomic E-state index is 0.0742. The molecule has 2 N–H and O–H groups in total. The molecule has 0 aliphatic heterocycles. The number of carboxylic acid groups (broad SMARTS) is 1. The molecule has 1 amide bonds. The van der Waals surface area contributed by atoms with Crippen LogP contribution in [0.15, 0.2) is 72.8 Å². The van der Waals surface area contributed by atoms with Gasteiger partial charge in [0.25, 0.3) is 0 Å². The maximum absolute atomic E-state index is 12.4. The zero-order valence-electron chi connectivity index (χ0n) is 16.0. The minimum atomic E-state index is -1.16. The Morgan fingerprint density at radius 1 is 0.931 bits per heavy atom. The molecule has 0 fully saturated rings. The third kappa shape index (κ3) is 3.59. The molecule has 1 aliphatic carbocycles. The van der Waals surface area contributed by atoms with E-state index in [1.807, 2.05) is 55.5 Å². The minimum Gasteiger partial charge on any atom is -0.479 e. The monoisotopic (exact) mass is 387 g/mol. The Hall–Kier alpha value is -3.60. The lowest BCUT2D eigenvalue weighted by atomic mass is 9.98. The highest BCUT2D eigenvalue weighted by molar-refractivity contribution is 5.82. The molecule has 0 saturated heterocycles. The number of rotatable bonds is 5. The zero-order valence-corrected chi connectivity index (χ0v) is 16.0. The Morgan fingerprint density at radius 2 is 1.48 bits per heavy atom. The lowest BCUT2D eigenvalue weighted by molar-refractivity contribution is -0.139. The van der Waals surface area contributed by atoms with Gasteiger partial charge in [0.15, 0.2) is 6.04 Å². The number of carboxylic acids is 1. The number of hydrogen-bond donors (Lipinski definition) is 2. The topological polar surface area (TPSA) is 75.6 Å². The van der Waals surface area contributed by atoms with Gasteiger partial charge in [-0.2, -0.15) is 0 Å². The Bertz CT molecular complexity index is 1030. The summed E-state index contributed by atoms with van der Waals surface area (Å²) in [5.74, 6) is -1.21. The summed E-state index contributed by atoms with van der Waals surface area (Å²) in [5, 5.41) is 12.1. The van der Waals surface area contributed by atoms with Crippen LogP contribution in [0.2, 0.25) is 0 Å². The predicted molar refractivity (Wildman–Crippen MR) is 110 cm³/mol. The SMILES string of the molecule is Cc1ccccc1C(NC(=O)OCC1c2ccccc2-c2ccccc21)C(=O)O. The largest absolute Gasteiger partial charge is 0.479 e. The average molecular weight is 387 g/mol. The predicted octanol–water partition coefficient (Wildman–Crippen LogP) is 4.66. The molecule has 4 rings (SSSR count). The maximum Gasteiger partial charge on any atom is 0.408 e. The number of nitrogens with one attached hydrogen (secondary N) is 1. The molecule has 0 radical (unpaired) electrons. The third-order valence-corrected chi connectivity index (χ3v) is 5.35. The number of hydrogen-bond acceptors (Lipinski definition) is 3. The second-order valence-electron chi connectivity index (χ2n) is 7.10. The summed E-state index contributed by atoms with van der Waals surface area (Å²) in [6.07, 6.45) is -0.748. The van der Waals surface area contributed by atoms with E-state index in [-0.39, 0.29) is 12.5 Å². The lowest BCUT2D eigenvalue weighted by Crippen LogP contribution is -2.35. The van der Waals surface area contributed by atoms with Crippen molar-refractivity contribution in [3.8, 4) is 11.1 Å². The molecular weight excluding hydrogens is 366 g/mol. The van der Waals surface area contributed by atoms with Gasteiger partial charge in [-0.15, -0.1) is 0 Å². The fourth-order valence-electron chi connectivity index (χ4n) is 3.94. The van der Waals surface area contributed by atoms with Gasteiger partial charge in [-0.25, -0.2) is 9.59 Å². The van der Waals surface area contributed by atoms with Gasteiger partial charge in [-0.3, -0.25) is 0 Å². The van der Waals surface area contributed by atoms with Crippen molar-refractivity contribution in [2.45, 2.75) is 18.9 Å².